The van der Waals surface area contributed by atoms with Crippen molar-refractivity contribution in [3.05, 3.63) is 18.2 Å². The van der Waals surface area contributed by atoms with Crippen molar-refractivity contribution in [3.8, 4) is 5.75 Å². The van der Waals surface area contributed by atoms with E-state index in [1.165, 1.54) is 11.8 Å². The van der Waals surface area contributed by atoms with Gasteiger partial charge in [-0.2, -0.15) is 0 Å². The van der Waals surface area contributed by atoms with E-state index in [1.54, 1.807) is 7.11 Å². The van der Waals surface area contributed by atoms with Gasteiger partial charge in [0.1, 0.15) is 5.75 Å². The third-order valence-corrected chi connectivity index (χ3v) is 4.82. The molecule has 1 aromatic carbocycles. The molecule has 0 bridgehead atoms. The Labute approximate surface area is 143 Å². The zero-order chi connectivity index (χ0) is 16.9. The lowest BCUT2D eigenvalue weighted by molar-refractivity contribution is -0.117. The molecule has 1 aromatic heterocycles. The summed E-state index contributed by atoms with van der Waals surface area (Å²) in [5, 5.41) is 5.81. The number of ether oxygens (including phenoxy) is 1. The number of aromatic nitrogens is 2. The number of thioether (sulfide) groups is 1. The molecule has 3 amide bonds. The van der Waals surface area contributed by atoms with Crippen molar-refractivity contribution in [2.75, 3.05) is 12.9 Å². The Morgan fingerprint density at radius 1 is 1.38 bits per heavy atom. The molecule has 3 rings (SSSR count). The third kappa shape index (κ3) is 4.19. The van der Waals surface area contributed by atoms with Crippen LogP contribution in [0.4, 0.5) is 4.79 Å². The van der Waals surface area contributed by atoms with Crippen molar-refractivity contribution < 1.29 is 14.3 Å². The number of hydrogen-bond acceptors (Lipinski definition) is 5. The number of fused-ring (bicyclic) bond motifs is 1. The summed E-state index contributed by atoms with van der Waals surface area (Å²) in [6.07, 6.45) is 4.23. The van der Waals surface area contributed by atoms with E-state index in [2.05, 4.69) is 20.6 Å². The van der Waals surface area contributed by atoms with Crippen LogP contribution in [0.5, 0.6) is 5.75 Å². The minimum atomic E-state index is -0.415. The molecular formula is C16H20N4O3S. The van der Waals surface area contributed by atoms with E-state index < -0.39 is 6.03 Å². The number of carbonyl (C=O) groups excluding carboxylic acids is 2. The summed E-state index contributed by atoms with van der Waals surface area (Å²) in [5.74, 6) is 0.521. The summed E-state index contributed by atoms with van der Waals surface area (Å²) in [5.41, 5.74) is 1.65. The van der Waals surface area contributed by atoms with E-state index in [4.69, 9.17) is 4.74 Å². The molecule has 1 heterocycles. The second kappa shape index (κ2) is 7.57. The van der Waals surface area contributed by atoms with Gasteiger partial charge in [0.05, 0.1) is 23.9 Å². The minimum Gasteiger partial charge on any atom is -0.497 e. The molecule has 128 valence electrons. The van der Waals surface area contributed by atoms with Crippen LogP contribution in [0.15, 0.2) is 23.4 Å². The standard InChI is InChI=1S/C16H20N4O3S/c1-23-11-6-7-12-13(8-11)19-16(18-12)24-9-14(21)20-15(22)17-10-4-2-3-5-10/h6-8,10H,2-5,9H2,1H3,(H,18,19)(H2,17,20,21,22). The predicted molar refractivity (Wildman–Crippen MR) is 92.3 cm³/mol. The second-order valence-corrected chi connectivity index (χ2v) is 6.68. The number of amides is 3. The van der Waals surface area contributed by atoms with Gasteiger partial charge in [0.2, 0.25) is 5.91 Å². The van der Waals surface area contributed by atoms with Crippen molar-refractivity contribution in [2.45, 2.75) is 36.9 Å². The van der Waals surface area contributed by atoms with E-state index in [1.807, 2.05) is 18.2 Å². The Morgan fingerprint density at radius 3 is 2.92 bits per heavy atom. The van der Waals surface area contributed by atoms with Crippen LogP contribution in [-0.2, 0) is 4.79 Å². The van der Waals surface area contributed by atoms with E-state index in [-0.39, 0.29) is 17.7 Å². The molecule has 1 aliphatic rings. The number of hydrogen-bond donors (Lipinski definition) is 3. The molecule has 24 heavy (non-hydrogen) atoms. The van der Waals surface area contributed by atoms with E-state index in [0.29, 0.717) is 5.16 Å². The topological polar surface area (TPSA) is 96.1 Å². The molecule has 0 atom stereocenters. The largest absolute Gasteiger partial charge is 0.497 e. The number of benzene rings is 1. The van der Waals surface area contributed by atoms with Crippen LogP contribution in [0.25, 0.3) is 11.0 Å². The van der Waals surface area contributed by atoms with Crippen LogP contribution >= 0.6 is 11.8 Å². The highest BCUT2D eigenvalue weighted by Gasteiger charge is 2.18. The molecule has 3 N–H and O–H groups in total. The van der Waals surface area contributed by atoms with E-state index >= 15 is 0 Å². The van der Waals surface area contributed by atoms with Crippen molar-refractivity contribution in [2.24, 2.45) is 0 Å². The van der Waals surface area contributed by atoms with Gasteiger partial charge in [0.25, 0.3) is 0 Å². The first-order valence-electron chi connectivity index (χ1n) is 7.91. The summed E-state index contributed by atoms with van der Waals surface area (Å²) in [7, 11) is 1.61. The van der Waals surface area contributed by atoms with Gasteiger partial charge in [-0.05, 0) is 25.0 Å². The first-order chi connectivity index (χ1) is 11.6. The summed E-state index contributed by atoms with van der Waals surface area (Å²) < 4.78 is 5.16. The fraction of sp³-hybridized carbons (Fsp3) is 0.438. The smallest absolute Gasteiger partial charge is 0.321 e. The predicted octanol–water partition coefficient (Wildman–Crippen LogP) is 2.43. The molecule has 0 aliphatic heterocycles. The van der Waals surface area contributed by atoms with Gasteiger partial charge in [-0.1, -0.05) is 24.6 Å². The third-order valence-electron chi connectivity index (χ3n) is 3.95. The summed E-state index contributed by atoms with van der Waals surface area (Å²) in [6, 6.07) is 5.31. The monoisotopic (exact) mass is 348 g/mol. The SMILES string of the molecule is COc1ccc2nc(SCC(=O)NC(=O)NC3CCCC3)[nH]c2c1. The maximum absolute atomic E-state index is 11.9. The van der Waals surface area contributed by atoms with Gasteiger partial charge in [-0.15, -0.1) is 0 Å². The molecule has 2 aromatic rings. The maximum Gasteiger partial charge on any atom is 0.321 e. The van der Waals surface area contributed by atoms with Crippen LogP contribution in [0.1, 0.15) is 25.7 Å². The van der Waals surface area contributed by atoms with Crippen molar-refractivity contribution in [1.29, 1.82) is 0 Å². The molecule has 1 aliphatic carbocycles. The lowest BCUT2D eigenvalue weighted by atomic mass is 10.2. The Hall–Kier alpha value is -2.22. The molecule has 1 saturated carbocycles. The molecule has 1 fully saturated rings. The first kappa shape index (κ1) is 16.6. The van der Waals surface area contributed by atoms with Gasteiger partial charge in [-0.3, -0.25) is 10.1 Å². The number of methoxy groups -OCH3 is 1. The lowest BCUT2D eigenvalue weighted by Crippen LogP contribution is -2.44. The number of imide groups is 1. The lowest BCUT2D eigenvalue weighted by Gasteiger charge is -2.11. The van der Waals surface area contributed by atoms with Crippen LogP contribution in [0, 0.1) is 0 Å². The highest BCUT2D eigenvalue weighted by molar-refractivity contribution is 7.99. The van der Waals surface area contributed by atoms with E-state index in [9.17, 15) is 9.59 Å². The molecule has 0 spiro atoms. The molecule has 0 radical (unpaired) electrons. The summed E-state index contributed by atoms with van der Waals surface area (Å²) in [6.45, 7) is 0. The maximum atomic E-state index is 11.9. The first-order valence-corrected chi connectivity index (χ1v) is 8.89. The highest BCUT2D eigenvalue weighted by atomic mass is 32.2. The van der Waals surface area contributed by atoms with Gasteiger partial charge in [-0.25, -0.2) is 9.78 Å². The fourth-order valence-corrected chi connectivity index (χ4v) is 3.43. The number of nitrogens with zero attached hydrogens (tertiary/aromatic N) is 1. The second-order valence-electron chi connectivity index (χ2n) is 5.72. The van der Waals surface area contributed by atoms with Crippen LogP contribution in [0.2, 0.25) is 0 Å². The summed E-state index contributed by atoms with van der Waals surface area (Å²) >= 11 is 1.25. The molecular weight excluding hydrogens is 328 g/mol. The zero-order valence-corrected chi connectivity index (χ0v) is 14.2. The number of rotatable bonds is 5. The quantitative estimate of drug-likeness (QED) is 0.721. The Kier molecular flexibility index (Phi) is 5.24. The number of carbonyl (C=O) groups is 2. The van der Waals surface area contributed by atoms with Gasteiger partial charge in [0, 0.05) is 12.1 Å². The van der Waals surface area contributed by atoms with Crippen LogP contribution in [0.3, 0.4) is 0 Å². The number of aromatic amines is 1. The highest BCUT2D eigenvalue weighted by Crippen LogP contribution is 2.23. The number of urea groups is 1. The van der Waals surface area contributed by atoms with Gasteiger partial charge in [0.15, 0.2) is 5.16 Å². The molecule has 0 saturated heterocycles. The number of imidazole rings is 1. The minimum absolute atomic E-state index is 0.120. The van der Waals surface area contributed by atoms with Crippen LogP contribution in [-0.4, -0.2) is 40.8 Å². The van der Waals surface area contributed by atoms with Crippen molar-refractivity contribution >= 4 is 34.7 Å². The van der Waals surface area contributed by atoms with Crippen molar-refractivity contribution in [3.63, 3.8) is 0 Å². The molecule has 7 nitrogen and oxygen atoms in total. The molecule has 0 unspecified atom stereocenters. The Bertz CT molecular complexity index is 740. The Morgan fingerprint density at radius 2 is 2.17 bits per heavy atom. The molecule has 8 heteroatoms. The Balaban J connectivity index is 1.49. The zero-order valence-electron chi connectivity index (χ0n) is 13.4. The number of nitrogens with one attached hydrogen (secondary N) is 3. The number of H-pyrrole nitrogens is 1. The van der Waals surface area contributed by atoms with Gasteiger partial charge < -0.3 is 15.0 Å². The van der Waals surface area contributed by atoms with Crippen LogP contribution < -0.4 is 15.4 Å². The van der Waals surface area contributed by atoms with Gasteiger partial charge >= 0.3 is 6.03 Å². The summed E-state index contributed by atoms with van der Waals surface area (Å²) in [4.78, 5) is 31.1. The van der Waals surface area contributed by atoms with E-state index in [0.717, 1.165) is 42.5 Å². The normalized spacial score (nSPS) is 14.7. The van der Waals surface area contributed by atoms with Crippen molar-refractivity contribution in [1.82, 2.24) is 20.6 Å². The average molecular weight is 348 g/mol. The average Bonchev–Trinajstić information content (AvgIpc) is 3.20. The fourth-order valence-electron chi connectivity index (χ4n) is 2.75.